The van der Waals surface area contributed by atoms with E-state index in [0.717, 1.165) is 15.0 Å². The van der Waals surface area contributed by atoms with Crippen molar-refractivity contribution >= 4 is 33.2 Å². The van der Waals surface area contributed by atoms with Crippen LogP contribution in [-0.4, -0.2) is 32.3 Å². The van der Waals surface area contributed by atoms with Gasteiger partial charge in [-0.25, -0.2) is 9.36 Å². The summed E-state index contributed by atoms with van der Waals surface area (Å²) in [5.41, 5.74) is 0.961. The van der Waals surface area contributed by atoms with Gasteiger partial charge in [0, 0.05) is 30.5 Å². The van der Waals surface area contributed by atoms with Crippen molar-refractivity contribution in [3.63, 3.8) is 0 Å². The zero-order valence-electron chi connectivity index (χ0n) is 16.5. The lowest BCUT2D eigenvalue weighted by atomic mass is 10.1. The minimum Gasteiger partial charge on any atom is -0.337 e. The van der Waals surface area contributed by atoms with E-state index >= 15 is 0 Å². The topological polar surface area (TPSA) is 81.4 Å². The summed E-state index contributed by atoms with van der Waals surface area (Å²) < 4.78 is 2.75. The molecule has 1 aliphatic heterocycles. The minimum absolute atomic E-state index is 0.000512. The number of Topliss-reactive ketones (excluding diaryl/α,β-unsaturated/α-hetero) is 1. The number of nitrogens with zero attached hydrogens (tertiary/aromatic N) is 3. The van der Waals surface area contributed by atoms with E-state index in [1.165, 1.54) is 25.2 Å². The number of aryl methyl sites for hydroxylation is 1. The molecule has 1 aromatic carbocycles. The van der Waals surface area contributed by atoms with Crippen LogP contribution in [0.5, 0.6) is 0 Å². The molecule has 0 spiro atoms. The molecule has 0 fully saturated rings. The zero-order chi connectivity index (χ0) is 20.9. The highest BCUT2D eigenvalue weighted by molar-refractivity contribution is 7.18. The molecule has 1 aliphatic rings. The van der Waals surface area contributed by atoms with Gasteiger partial charge in [-0.1, -0.05) is 12.1 Å². The molecule has 3 aromatic rings. The van der Waals surface area contributed by atoms with Crippen molar-refractivity contribution in [2.75, 3.05) is 6.54 Å². The Morgan fingerprint density at radius 1 is 1.17 bits per heavy atom. The van der Waals surface area contributed by atoms with Crippen LogP contribution in [0.15, 0.2) is 33.9 Å². The highest BCUT2D eigenvalue weighted by atomic mass is 32.1. The number of fused-ring (bicyclic) bond motifs is 3. The summed E-state index contributed by atoms with van der Waals surface area (Å²) in [7, 11) is 0. The average molecular weight is 411 g/mol. The van der Waals surface area contributed by atoms with E-state index in [1.54, 1.807) is 33.7 Å². The molecule has 0 radical (unpaired) electrons. The molecule has 150 valence electrons. The van der Waals surface area contributed by atoms with Crippen LogP contribution in [0.4, 0.5) is 0 Å². The van der Waals surface area contributed by atoms with Crippen LogP contribution in [0.3, 0.4) is 0 Å². The lowest BCUT2D eigenvalue weighted by molar-refractivity contribution is -0.129. The first kappa shape index (κ1) is 19.3. The molecule has 29 heavy (non-hydrogen) atoms. The summed E-state index contributed by atoms with van der Waals surface area (Å²) in [5.74, 6) is -0.131. The summed E-state index contributed by atoms with van der Waals surface area (Å²) >= 11 is 1.41. The molecule has 0 saturated heterocycles. The van der Waals surface area contributed by atoms with E-state index in [4.69, 9.17) is 0 Å². The van der Waals surface area contributed by atoms with Crippen molar-refractivity contribution in [3.05, 3.63) is 61.1 Å². The molecule has 1 amide bonds. The molecule has 0 N–H and O–H groups in total. The van der Waals surface area contributed by atoms with Gasteiger partial charge in [0.15, 0.2) is 5.78 Å². The normalized spacial score (nSPS) is 13.6. The van der Waals surface area contributed by atoms with E-state index < -0.39 is 5.69 Å². The zero-order valence-corrected chi connectivity index (χ0v) is 17.3. The monoisotopic (exact) mass is 411 g/mol. The highest BCUT2D eigenvalue weighted by Gasteiger charge is 2.27. The van der Waals surface area contributed by atoms with Gasteiger partial charge >= 0.3 is 5.69 Å². The van der Waals surface area contributed by atoms with E-state index in [-0.39, 0.29) is 17.2 Å². The maximum atomic E-state index is 13.4. The molecule has 0 unspecified atom stereocenters. The molecule has 0 aliphatic carbocycles. The molecule has 0 saturated carbocycles. The summed E-state index contributed by atoms with van der Waals surface area (Å²) in [5, 5.41) is 0.544. The fourth-order valence-corrected chi connectivity index (χ4v) is 5.26. The number of amides is 1. The lowest BCUT2D eigenvalue weighted by Gasteiger charge is -2.25. The van der Waals surface area contributed by atoms with Crippen molar-refractivity contribution in [3.8, 4) is 5.69 Å². The molecule has 2 aromatic heterocycles. The number of hydrogen-bond donors (Lipinski definition) is 0. The van der Waals surface area contributed by atoms with Gasteiger partial charge in [0.2, 0.25) is 5.91 Å². The first-order chi connectivity index (χ1) is 13.8. The van der Waals surface area contributed by atoms with E-state index in [1.807, 2.05) is 6.92 Å². The van der Waals surface area contributed by atoms with Crippen molar-refractivity contribution in [2.24, 2.45) is 0 Å². The molecular formula is C21H21N3O4S. The second-order valence-electron chi connectivity index (χ2n) is 7.15. The Labute approximate surface area is 170 Å². The van der Waals surface area contributed by atoms with Gasteiger partial charge in [-0.3, -0.25) is 19.0 Å². The minimum atomic E-state index is -0.423. The largest absolute Gasteiger partial charge is 0.337 e. The Bertz CT molecular complexity index is 1280. The first-order valence-corrected chi connectivity index (χ1v) is 10.3. The van der Waals surface area contributed by atoms with Crippen molar-refractivity contribution in [1.82, 2.24) is 14.0 Å². The Kier molecular flexibility index (Phi) is 4.74. The predicted octanol–water partition coefficient (Wildman–Crippen LogP) is 2.34. The number of ketones is 1. The first-order valence-electron chi connectivity index (χ1n) is 9.50. The fourth-order valence-electron chi connectivity index (χ4n) is 3.85. The molecule has 0 atom stereocenters. The van der Waals surface area contributed by atoms with Crippen LogP contribution in [0.2, 0.25) is 0 Å². The van der Waals surface area contributed by atoms with Gasteiger partial charge in [-0.2, -0.15) is 0 Å². The van der Waals surface area contributed by atoms with Crippen LogP contribution < -0.4 is 11.2 Å². The summed E-state index contributed by atoms with van der Waals surface area (Å²) in [6.07, 6.45) is 0.583. The number of thiophene rings is 1. The molecular weight excluding hydrogens is 390 g/mol. The van der Waals surface area contributed by atoms with Crippen molar-refractivity contribution in [1.29, 1.82) is 0 Å². The molecule has 7 nitrogen and oxygen atoms in total. The van der Waals surface area contributed by atoms with Gasteiger partial charge < -0.3 is 4.90 Å². The maximum absolute atomic E-state index is 13.4. The Morgan fingerprint density at radius 2 is 1.93 bits per heavy atom. The lowest BCUT2D eigenvalue weighted by Crippen LogP contribution is -2.39. The second-order valence-corrected chi connectivity index (χ2v) is 8.23. The van der Waals surface area contributed by atoms with E-state index in [2.05, 4.69) is 0 Å². The number of carbonyl (C=O) groups excluding carboxylic acids is 2. The van der Waals surface area contributed by atoms with Crippen LogP contribution in [0.1, 0.15) is 41.6 Å². The predicted molar refractivity (Wildman–Crippen MR) is 112 cm³/mol. The SMILES string of the molecule is CCn1c(=O)n(-c2cccc(C(C)=O)c2)c(=O)c2c3c(sc21)CN(C(C)=O)CC3. The molecule has 8 heteroatoms. The van der Waals surface area contributed by atoms with Crippen molar-refractivity contribution in [2.45, 2.75) is 40.3 Å². The van der Waals surface area contributed by atoms with Gasteiger partial charge in [0.05, 0.1) is 17.6 Å². The smallest absolute Gasteiger partial charge is 0.336 e. The standard InChI is InChI=1S/C21H21N3O4S/c1-4-23-20-18(16-8-9-22(13(3)26)11-17(16)29-20)19(27)24(21(23)28)15-7-5-6-14(10-15)12(2)25/h5-7,10H,4,8-9,11H2,1-3H3. The third-order valence-corrected chi connectivity index (χ3v) is 6.63. The number of aromatic nitrogens is 2. The Balaban J connectivity index is 2.02. The van der Waals surface area contributed by atoms with Gasteiger partial charge in [0.25, 0.3) is 5.56 Å². The molecule has 4 rings (SSSR count). The second kappa shape index (κ2) is 7.11. The van der Waals surface area contributed by atoms with Gasteiger partial charge in [-0.15, -0.1) is 11.3 Å². The van der Waals surface area contributed by atoms with Crippen LogP contribution in [0, 0.1) is 0 Å². The Hall–Kier alpha value is -3.00. The Morgan fingerprint density at radius 3 is 2.59 bits per heavy atom. The fraction of sp³-hybridized carbons (Fsp3) is 0.333. The summed E-state index contributed by atoms with van der Waals surface area (Å²) in [6, 6.07) is 6.58. The van der Waals surface area contributed by atoms with Crippen LogP contribution in [-0.2, 0) is 24.3 Å². The van der Waals surface area contributed by atoms with Crippen LogP contribution in [0.25, 0.3) is 15.9 Å². The summed E-state index contributed by atoms with van der Waals surface area (Å²) in [6.45, 7) is 6.28. The third-order valence-electron chi connectivity index (χ3n) is 5.40. The number of benzene rings is 1. The average Bonchev–Trinajstić information content (AvgIpc) is 3.07. The number of rotatable bonds is 3. The van der Waals surface area contributed by atoms with Gasteiger partial charge in [0.1, 0.15) is 4.83 Å². The van der Waals surface area contributed by atoms with Crippen molar-refractivity contribution < 1.29 is 9.59 Å². The quantitative estimate of drug-likeness (QED) is 0.620. The third kappa shape index (κ3) is 3.04. The van der Waals surface area contributed by atoms with E-state index in [9.17, 15) is 19.2 Å². The maximum Gasteiger partial charge on any atom is 0.336 e. The molecule has 3 heterocycles. The van der Waals surface area contributed by atoms with Gasteiger partial charge in [-0.05, 0) is 38.0 Å². The summed E-state index contributed by atoms with van der Waals surface area (Å²) in [4.78, 5) is 53.5. The number of hydrogen-bond acceptors (Lipinski definition) is 5. The number of carbonyl (C=O) groups is 2. The van der Waals surface area contributed by atoms with Crippen LogP contribution >= 0.6 is 11.3 Å². The van der Waals surface area contributed by atoms with E-state index in [0.29, 0.717) is 47.5 Å². The highest BCUT2D eigenvalue weighted by Crippen LogP contribution is 2.33. The molecule has 0 bridgehead atoms.